The number of hydrogen-bond acceptors (Lipinski definition) is 6. The summed E-state index contributed by atoms with van der Waals surface area (Å²) in [7, 11) is 3.79. The van der Waals surface area contributed by atoms with Gasteiger partial charge >= 0.3 is 0 Å². The molecular formula is C26H27FN4O2. The Morgan fingerprint density at radius 3 is 2.82 bits per heavy atom. The van der Waals surface area contributed by atoms with Gasteiger partial charge in [-0.3, -0.25) is 9.78 Å². The van der Waals surface area contributed by atoms with E-state index < -0.39 is 6.56 Å². The number of pyridine rings is 1. The monoisotopic (exact) mass is 448 g/mol. The molecule has 170 valence electrons. The van der Waals surface area contributed by atoms with Crippen molar-refractivity contribution in [1.82, 2.24) is 9.88 Å². The molecule has 0 fully saturated rings. The number of ketones is 1. The Morgan fingerprint density at radius 1 is 1.36 bits per heavy atom. The van der Waals surface area contributed by atoms with E-state index in [9.17, 15) is 14.4 Å². The van der Waals surface area contributed by atoms with Crippen LogP contribution in [0.1, 0.15) is 26.4 Å². The zero-order valence-electron chi connectivity index (χ0n) is 21.1. The lowest BCUT2D eigenvalue weighted by atomic mass is 10.0. The second-order valence-corrected chi connectivity index (χ2v) is 7.84. The van der Waals surface area contributed by atoms with Crippen molar-refractivity contribution in [3.8, 4) is 11.8 Å². The summed E-state index contributed by atoms with van der Waals surface area (Å²) >= 11 is 0. The number of carbonyl (C=O) groups excluding carboxylic acids is 1. The quantitative estimate of drug-likeness (QED) is 0.468. The lowest BCUT2D eigenvalue weighted by Gasteiger charge is -2.15. The molecule has 3 rings (SSSR count). The predicted octanol–water partition coefficient (Wildman–Crippen LogP) is 4.93. The molecule has 3 aromatic rings. The van der Waals surface area contributed by atoms with Crippen LogP contribution in [-0.2, 0) is 11.2 Å². The smallest absolute Gasteiger partial charge is 0.159 e. The van der Waals surface area contributed by atoms with Gasteiger partial charge in [-0.1, -0.05) is 6.08 Å². The number of carbonyl (C=O) groups is 1. The summed E-state index contributed by atoms with van der Waals surface area (Å²) in [5.41, 5.74) is 2.65. The number of ether oxygens (including phenoxy) is 1. The summed E-state index contributed by atoms with van der Waals surface area (Å²) in [6.45, 7) is 1.54. The molecule has 0 aliphatic rings. The highest BCUT2D eigenvalue weighted by molar-refractivity contribution is 5.98. The van der Waals surface area contributed by atoms with E-state index >= 15 is 0 Å². The Balaban J connectivity index is 2.12. The van der Waals surface area contributed by atoms with Crippen LogP contribution >= 0.6 is 0 Å². The van der Waals surface area contributed by atoms with Crippen LogP contribution in [0.2, 0.25) is 0 Å². The van der Waals surface area contributed by atoms with Gasteiger partial charge in [0, 0.05) is 41.9 Å². The summed E-state index contributed by atoms with van der Waals surface area (Å²) in [4.78, 5) is 18.9. The molecule has 1 heterocycles. The van der Waals surface area contributed by atoms with Gasteiger partial charge < -0.3 is 15.0 Å². The number of hydrogen-bond donors (Lipinski definition) is 1. The van der Waals surface area contributed by atoms with Gasteiger partial charge in [-0.15, -0.1) is 0 Å². The molecule has 0 saturated heterocycles. The first kappa shape index (κ1) is 21.1. The Bertz CT molecular complexity index is 1330. The molecular weight excluding hydrogens is 419 g/mol. The van der Waals surface area contributed by atoms with Gasteiger partial charge in [0.05, 0.1) is 26.1 Å². The number of likely N-dealkylation sites (N-methyl/N-ethyl adjacent to an activating group) is 1. The standard InChI is InChI=1S/C26H27FN4O2/c1-5-33-25-14-24-22(13-18(25)12-21(32)7-6-10-31(3)4)26(19(15-28)16-29-24)30-20-8-9-23(27)17(2)11-20/h6-9,11,13-14,16H,5,10,12H2,1-4H3,(H,29,30)/b7-6+/i5D2. The van der Waals surface area contributed by atoms with Crippen LogP contribution in [0.25, 0.3) is 10.9 Å². The van der Waals surface area contributed by atoms with Crippen molar-refractivity contribution >= 4 is 28.1 Å². The first-order chi connectivity index (χ1) is 16.5. The van der Waals surface area contributed by atoms with Crippen LogP contribution in [0.3, 0.4) is 0 Å². The normalized spacial score (nSPS) is 12.5. The third-order valence-electron chi connectivity index (χ3n) is 4.95. The summed E-state index contributed by atoms with van der Waals surface area (Å²) in [6.07, 6.45) is 4.61. The molecule has 33 heavy (non-hydrogen) atoms. The molecule has 0 aliphatic heterocycles. The Hall–Kier alpha value is -3.76. The lowest BCUT2D eigenvalue weighted by Crippen LogP contribution is -2.11. The third-order valence-corrected chi connectivity index (χ3v) is 4.95. The number of rotatable bonds is 9. The number of nitrogens with one attached hydrogen (secondary N) is 1. The SMILES string of the molecule is [2H]C([2H])(C)Oc1cc2ncc(C#N)c(Nc3ccc(F)c(C)c3)c2cc1CC(=O)/C=C/CN(C)C. The van der Waals surface area contributed by atoms with Crippen LogP contribution in [0.15, 0.2) is 48.7 Å². The highest BCUT2D eigenvalue weighted by Gasteiger charge is 2.16. The van der Waals surface area contributed by atoms with Crippen LogP contribution in [0.5, 0.6) is 5.75 Å². The summed E-state index contributed by atoms with van der Waals surface area (Å²) < 4.78 is 34.9. The summed E-state index contributed by atoms with van der Waals surface area (Å²) in [5.74, 6) is -0.324. The summed E-state index contributed by atoms with van der Waals surface area (Å²) in [6, 6.07) is 9.89. The fourth-order valence-electron chi connectivity index (χ4n) is 3.34. The first-order valence-electron chi connectivity index (χ1n) is 11.4. The molecule has 0 unspecified atom stereocenters. The highest BCUT2D eigenvalue weighted by Crippen LogP contribution is 2.34. The van der Waals surface area contributed by atoms with E-state index in [1.807, 2.05) is 19.0 Å². The second kappa shape index (κ2) is 10.7. The number of benzene rings is 2. The van der Waals surface area contributed by atoms with Gasteiger partial charge in [-0.2, -0.15) is 5.26 Å². The van der Waals surface area contributed by atoms with Gasteiger partial charge in [0.2, 0.25) is 0 Å². The number of fused-ring (bicyclic) bond motifs is 1. The van der Waals surface area contributed by atoms with E-state index in [0.29, 0.717) is 39.9 Å². The predicted molar refractivity (Wildman–Crippen MR) is 128 cm³/mol. The largest absolute Gasteiger partial charge is 0.494 e. The minimum absolute atomic E-state index is 0.0306. The molecule has 0 bridgehead atoms. The van der Waals surface area contributed by atoms with E-state index in [1.54, 1.807) is 37.3 Å². The zero-order chi connectivity index (χ0) is 25.8. The molecule has 7 heteroatoms. The number of aryl methyl sites for hydroxylation is 1. The maximum atomic E-state index is 13.7. The second-order valence-electron chi connectivity index (χ2n) is 7.84. The van der Waals surface area contributed by atoms with Gasteiger partial charge in [0.15, 0.2) is 5.78 Å². The van der Waals surface area contributed by atoms with Crippen molar-refractivity contribution in [3.63, 3.8) is 0 Å². The van der Waals surface area contributed by atoms with Crippen molar-refractivity contribution in [3.05, 3.63) is 71.2 Å². The molecule has 0 atom stereocenters. The van der Waals surface area contributed by atoms with E-state index in [4.69, 9.17) is 7.48 Å². The number of nitriles is 1. The van der Waals surface area contributed by atoms with Gasteiger partial charge in [0.25, 0.3) is 0 Å². The van der Waals surface area contributed by atoms with Crippen LogP contribution in [-0.4, -0.2) is 42.9 Å². The van der Waals surface area contributed by atoms with Crippen LogP contribution in [0, 0.1) is 24.1 Å². The van der Waals surface area contributed by atoms with E-state index in [1.165, 1.54) is 25.3 Å². The van der Waals surface area contributed by atoms with Crippen molar-refractivity contribution in [2.24, 2.45) is 0 Å². The Morgan fingerprint density at radius 2 is 2.15 bits per heavy atom. The molecule has 6 nitrogen and oxygen atoms in total. The van der Waals surface area contributed by atoms with Gasteiger partial charge in [-0.25, -0.2) is 4.39 Å². The van der Waals surface area contributed by atoms with Crippen molar-refractivity contribution in [2.75, 3.05) is 32.5 Å². The molecule has 1 aromatic heterocycles. The average Bonchev–Trinajstić information content (AvgIpc) is 2.76. The molecule has 1 N–H and O–H groups in total. The lowest BCUT2D eigenvalue weighted by molar-refractivity contribution is -0.114. The third kappa shape index (κ3) is 5.93. The molecule has 0 amide bonds. The molecule has 0 spiro atoms. The van der Waals surface area contributed by atoms with E-state index in [2.05, 4.69) is 16.4 Å². The number of halogens is 1. The number of aromatic nitrogens is 1. The number of nitrogens with zero attached hydrogens (tertiary/aromatic N) is 3. The van der Waals surface area contributed by atoms with E-state index in [0.717, 1.165) is 0 Å². The Kier molecular flexibility index (Phi) is 6.85. The topological polar surface area (TPSA) is 78.2 Å². The Labute approximate surface area is 196 Å². The maximum absolute atomic E-state index is 13.7. The zero-order valence-corrected chi connectivity index (χ0v) is 19.1. The average molecular weight is 449 g/mol. The number of anilines is 2. The van der Waals surface area contributed by atoms with Crippen LogP contribution < -0.4 is 10.1 Å². The van der Waals surface area contributed by atoms with Crippen molar-refractivity contribution in [2.45, 2.75) is 20.3 Å². The molecule has 2 aromatic carbocycles. The minimum atomic E-state index is -1.98. The van der Waals surface area contributed by atoms with E-state index in [-0.39, 0.29) is 29.3 Å². The fraction of sp³-hybridized carbons (Fsp3) is 0.269. The molecule has 0 radical (unpaired) electrons. The fourth-order valence-corrected chi connectivity index (χ4v) is 3.34. The molecule has 0 saturated carbocycles. The summed E-state index contributed by atoms with van der Waals surface area (Å²) in [5, 5.41) is 13.4. The number of allylic oxidation sites excluding steroid dienone is 1. The maximum Gasteiger partial charge on any atom is 0.159 e. The van der Waals surface area contributed by atoms with Crippen LogP contribution in [0.4, 0.5) is 15.8 Å². The van der Waals surface area contributed by atoms with Crippen molar-refractivity contribution in [1.29, 1.82) is 5.26 Å². The highest BCUT2D eigenvalue weighted by atomic mass is 19.1. The minimum Gasteiger partial charge on any atom is -0.494 e. The van der Waals surface area contributed by atoms with Gasteiger partial charge in [0.1, 0.15) is 17.6 Å². The van der Waals surface area contributed by atoms with Gasteiger partial charge in [-0.05, 0) is 63.8 Å². The first-order valence-corrected chi connectivity index (χ1v) is 10.4. The molecule has 0 aliphatic carbocycles. The van der Waals surface area contributed by atoms with Crippen molar-refractivity contribution < 1.29 is 16.7 Å².